The van der Waals surface area contributed by atoms with Gasteiger partial charge >= 0.3 is 0 Å². The van der Waals surface area contributed by atoms with E-state index < -0.39 is 0 Å². The summed E-state index contributed by atoms with van der Waals surface area (Å²) in [6.45, 7) is 2.82. The molecule has 0 aliphatic rings. The molecule has 0 spiro atoms. The Kier molecular flexibility index (Phi) is 7.85. The Hall–Kier alpha value is -3.80. The third-order valence-corrected chi connectivity index (χ3v) is 4.05. The minimum atomic E-state index is -0.357. The summed E-state index contributed by atoms with van der Waals surface area (Å²) in [4.78, 5) is 11.9. The Labute approximate surface area is 176 Å². The molecule has 1 amide bonds. The van der Waals surface area contributed by atoms with Crippen LogP contribution in [0.4, 0.5) is 0 Å². The van der Waals surface area contributed by atoms with Crippen LogP contribution in [-0.4, -0.2) is 25.3 Å². The fourth-order valence-electron chi connectivity index (χ4n) is 2.60. The number of rotatable bonds is 10. The SMILES string of the molecule is CCOc1ccccc1C=NNC(=O)COc1ccc(OCc2ccccc2)cc1. The first-order valence-corrected chi connectivity index (χ1v) is 9.68. The van der Waals surface area contributed by atoms with Crippen molar-refractivity contribution in [2.75, 3.05) is 13.2 Å². The number of hydrazone groups is 1. The van der Waals surface area contributed by atoms with Crippen molar-refractivity contribution in [3.8, 4) is 17.2 Å². The van der Waals surface area contributed by atoms with Crippen molar-refractivity contribution in [2.24, 2.45) is 5.10 Å². The highest BCUT2D eigenvalue weighted by molar-refractivity contribution is 5.85. The van der Waals surface area contributed by atoms with Gasteiger partial charge in [0.15, 0.2) is 6.61 Å². The van der Waals surface area contributed by atoms with Gasteiger partial charge in [0.25, 0.3) is 5.91 Å². The Morgan fingerprint density at radius 2 is 1.53 bits per heavy atom. The number of ether oxygens (including phenoxy) is 3. The van der Waals surface area contributed by atoms with Crippen LogP contribution in [0.3, 0.4) is 0 Å². The van der Waals surface area contributed by atoms with Crippen LogP contribution < -0.4 is 19.6 Å². The van der Waals surface area contributed by atoms with E-state index in [0.717, 1.165) is 16.9 Å². The zero-order chi connectivity index (χ0) is 21.0. The molecule has 6 nitrogen and oxygen atoms in total. The van der Waals surface area contributed by atoms with Crippen molar-refractivity contribution in [1.82, 2.24) is 5.43 Å². The largest absolute Gasteiger partial charge is 0.493 e. The summed E-state index contributed by atoms with van der Waals surface area (Å²) < 4.78 is 16.7. The molecule has 30 heavy (non-hydrogen) atoms. The first-order chi connectivity index (χ1) is 14.7. The van der Waals surface area contributed by atoms with Gasteiger partial charge in [-0.2, -0.15) is 5.10 Å². The molecule has 0 heterocycles. The lowest BCUT2D eigenvalue weighted by Crippen LogP contribution is -2.24. The number of carbonyl (C=O) groups is 1. The van der Waals surface area contributed by atoms with Crippen LogP contribution in [0.1, 0.15) is 18.1 Å². The number of carbonyl (C=O) groups excluding carboxylic acids is 1. The van der Waals surface area contributed by atoms with Crippen LogP contribution in [0.15, 0.2) is 84.0 Å². The average Bonchev–Trinajstić information content (AvgIpc) is 2.79. The van der Waals surface area contributed by atoms with E-state index in [2.05, 4.69) is 10.5 Å². The Morgan fingerprint density at radius 3 is 2.27 bits per heavy atom. The van der Waals surface area contributed by atoms with Gasteiger partial charge in [-0.3, -0.25) is 4.79 Å². The van der Waals surface area contributed by atoms with E-state index >= 15 is 0 Å². The van der Waals surface area contributed by atoms with Crippen molar-refractivity contribution in [3.63, 3.8) is 0 Å². The zero-order valence-corrected chi connectivity index (χ0v) is 16.8. The van der Waals surface area contributed by atoms with Gasteiger partial charge in [0.1, 0.15) is 23.9 Å². The van der Waals surface area contributed by atoms with E-state index in [1.807, 2.05) is 61.5 Å². The number of hydrogen-bond acceptors (Lipinski definition) is 5. The van der Waals surface area contributed by atoms with Crippen LogP contribution in [0.25, 0.3) is 0 Å². The predicted molar refractivity (Wildman–Crippen MR) is 116 cm³/mol. The highest BCUT2D eigenvalue weighted by atomic mass is 16.5. The van der Waals surface area contributed by atoms with Crippen molar-refractivity contribution in [1.29, 1.82) is 0 Å². The second kappa shape index (κ2) is 11.3. The molecule has 0 fully saturated rings. The maximum absolute atomic E-state index is 11.9. The molecule has 0 bridgehead atoms. The van der Waals surface area contributed by atoms with E-state index in [1.165, 1.54) is 0 Å². The van der Waals surface area contributed by atoms with Gasteiger partial charge in [-0.15, -0.1) is 0 Å². The van der Waals surface area contributed by atoms with E-state index in [9.17, 15) is 4.79 Å². The number of nitrogens with zero attached hydrogens (tertiary/aromatic N) is 1. The second-order valence-electron chi connectivity index (χ2n) is 6.30. The number of hydrogen-bond donors (Lipinski definition) is 1. The molecule has 3 aromatic carbocycles. The van der Waals surface area contributed by atoms with Crippen molar-refractivity contribution < 1.29 is 19.0 Å². The Balaban J connectivity index is 1.42. The molecule has 3 rings (SSSR count). The van der Waals surface area contributed by atoms with Gasteiger partial charge in [0.2, 0.25) is 0 Å². The summed E-state index contributed by atoms with van der Waals surface area (Å²) in [6.07, 6.45) is 1.54. The summed E-state index contributed by atoms with van der Waals surface area (Å²) in [5.74, 6) is 1.66. The maximum atomic E-state index is 11.9. The number of amides is 1. The molecule has 3 aromatic rings. The molecule has 1 N–H and O–H groups in total. The fraction of sp³-hybridized carbons (Fsp3) is 0.167. The van der Waals surface area contributed by atoms with Gasteiger partial charge < -0.3 is 14.2 Å². The minimum Gasteiger partial charge on any atom is -0.493 e. The quantitative estimate of drug-likeness (QED) is 0.406. The summed E-state index contributed by atoms with van der Waals surface area (Å²) in [5, 5.41) is 3.96. The zero-order valence-electron chi connectivity index (χ0n) is 16.8. The molecule has 0 aliphatic carbocycles. The summed E-state index contributed by atoms with van der Waals surface area (Å²) in [5.41, 5.74) is 4.33. The predicted octanol–water partition coefficient (Wildman–Crippen LogP) is 4.19. The second-order valence-corrected chi connectivity index (χ2v) is 6.30. The number of para-hydroxylation sites is 1. The van der Waals surface area contributed by atoms with Crippen LogP contribution in [-0.2, 0) is 11.4 Å². The molecule has 0 unspecified atom stereocenters. The molecule has 6 heteroatoms. The number of benzene rings is 3. The third kappa shape index (κ3) is 6.67. The lowest BCUT2D eigenvalue weighted by Gasteiger charge is -2.08. The maximum Gasteiger partial charge on any atom is 0.277 e. The van der Waals surface area contributed by atoms with E-state index in [4.69, 9.17) is 14.2 Å². The van der Waals surface area contributed by atoms with Crippen LogP contribution in [0.5, 0.6) is 17.2 Å². The third-order valence-electron chi connectivity index (χ3n) is 4.05. The number of nitrogens with one attached hydrogen (secondary N) is 1. The molecule has 0 aromatic heterocycles. The highest BCUT2D eigenvalue weighted by Gasteiger charge is 2.03. The average molecular weight is 404 g/mol. The molecule has 0 saturated heterocycles. The topological polar surface area (TPSA) is 69.2 Å². The summed E-state index contributed by atoms with van der Waals surface area (Å²) in [6, 6.07) is 24.5. The summed E-state index contributed by atoms with van der Waals surface area (Å²) in [7, 11) is 0. The first-order valence-electron chi connectivity index (χ1n) is 9.68. The molecule has 0 radical (unpaired) electrons. The van der Waals surface area contributed by atoms with E-state index in [0.29, 0.717) is 24.7 Å². The molecule has 154 valence electrons. The normalized spacial score (nSPS) is 10.6. The van der Waals surface area contributed by atoms with Crippen molar-refractivity contribution in [2.45, 2.75) is 13.5 Å². The lowest BCUT2D eigenvalue weighted by molar-refractivity contribution is -0.123. The van der Waals surface area contributed by atoms with E-state index in [-0.39, 0.29) is 12.5 Å². The molecular formula is C24H24N2O4. The monoisotopic (exact) mass is 404 g/mol. The van der Waals surface area contributed by atoms with Crippen molar-refractivity contribution >= 4 is 12.1 Å². The van der Waals surface area contributed by atoms with Crippen LogP contribution in [0.2, 0.25) is 0 Å². The smallest absolute Gasteiger partial charge is 0.277 e. The van der Waals surface area contributed by atoms with Gasteiger partial charge in [-0.1, -0.05) is 42.5 Å². The van der Waals surface area contributed by atoms with Gasteiger partial charge in [-0.05, 0) is 48.9 Å². The molecule has 0 aliphatic heterocycles. The van der Waals surface area contributed by atoms with Crippen LogP contribution >= 0.6 is 0 Å². The van der Waals surface area contributed by atoms with Crippen LogP contribution in [0, 0.1) is 0 Å². The molecular weight excluding hydrogens is 380 g/mol. The Bertz CT molecular complexity index is 956. The van der Waals surface area contributed by atoms with Gasteiger partial charge in [-0.25, -0.2) is 5.43 Å². The summed E-state index contributed by atoms with van der Waals surface area (Å²) >= 11 is 0. The molecule has 0 saturated carbocycles. The van der Waals surface area contributed by atoms with Gasteiger partial charge in [0.05, 0.1) is 12.8 Å². The Morgan fingerprint density at radius 1 is 0.867 bits per heavy atom. The highest BCUT2D eigenvalue weighted by Crippen LogP contribution is 2.19. The molecule has 0 atom stereocenters. The van der Waals surface area contributed by atoms with Crippen molar-refractivity contribution in [3.05, 3.63) is 90.0 Å². The lowest BCUT2D eigenvalue weighted by atomic mass is 10.2. The fourth-order valence-corrected chi connectivity index (χ4v) is 2.60. The standard InChI is InChI=1S/C24H24N2O4/c1-2-28-23-11-7-6-10-20(23)16-25-26-24(27)18-30-22-14-12-21(13-15-22)29-17-19-8-4-3-5-9-19/h3-16H,2,17-18H2,1H3,(H,26,27). The van der Waals surface area contributed by atoms with Gasteiger partial charge in [0, 0.05) is 5.56 Å². The minimum absolute atomic E-state index is 0.144. The van der Waals surface area contributed by atoms with E-state index in [1.54, 1.807) is 30.5 Å². The first kappa shape index (κ1) is 20.9.